The first-order valence-electron chi connectivity index (χ1n) is 8.24. The fraction of sp³-hybridized carbons (Fsp3) is 0.263. The summed E-state index contributed by atoms with van der Waals surface area (Å²) in [6, 6.07) is 17.9. The Morgan fingerprint density at radius 2 is 1.92 bits per heavy atom. The number of benzene rings is 2. The molecule has 0 aliphatic rings. The van der Waals surface area contributed by atoms with E-state index < -0.39 is 6.10 Å². The number of rotatable bonds is 7. The highest BCUT2D eigenvalue weighted by atomic mass is 16.3. The number of nitrogens with one attached hydrogen (secondary N) is 2. The molecule has 3 N–H and O–H groups in total. The molecule has 1 aromatic heterocycles. The van der Waals surface area contributed by atoms with E-state index in [2.05, 4.69) is 20.1 Å². The Kier molecular flexibility index (Phi) is 5.42. The lowest BCUT2D eigenvalue weighted by atomic mass is 10.1. The summed E-state index contributed by atoms with van der Waals surface area (Å²) in [4.78, 5) is 16.0. The van der Waals surface area contributed by atoms with Gasteiger partial charge in [0.2, 0.25) is 0 Å². The van der Waals surface area contributed by atoms with Crippen molar-refractivity contribution in [2.24, 2.45) is 0 Å². The largest absolute Gasteiger partial charge is 0.387 e. The van der Waals surface area contributed by atoms with Gasteiger partial charge in [0.25, 0.3) is 0 Å². The number of aliphatic hydroxyl groups is 1. The zero-order chi connectivity index (χ0) is 17.6. The van der Waals surface area contributed by atoms with Crippen molar-refractivity contribution < 1.29 is 5.11 Å². The number of hydrogen-bond donors (Lipinski definition) is 3. The number of aryl methyl sites for hydroxylation is 1. The molecule has 0 fully saturated rings. The molecule has 0 saturated carbocycles. The third kappa shape index (κ3) is 4.89. The molecule has 1 atom stereocenters. The van der Waals surface area contributed by atoms with Crippen LogP contribution >= 0.6 is 0 Å². The van der Waals surface area contributed by atoms with Crippen LogP contribution in [-0.4, -0.2) is 31.7 Å². The average molecular weight is 338 g/mol. The van der Waals surface area contributed by atoms with Gasteiger partial charge < -0.3 is 5.11 Å². The molecule has 0 spiro atoms. The Morgan fingerprint density at radius 3 is 2.60 bits per heavy atom. The van der Waals surface area contributed by atoms with Crippen LogP contribution < -0.4 is 5.69 Å². The van der Waals surface area contributed by atoms with Crippen LogP contribution in [0.2, 0.25) is 0 Å². The van der Waals surface area contributed by atoms with Crippen molar-refractivity contribution in [3.63, 3.8) is 0 Å². The second-order valence-corrected chi connectivity index (χ2v) is 6.21. The first kappa shape index (κ1) is 17.1. The van der Waals surface area contributed by atoms with E-state index in [0.717, 1.165) is 16.7 Å². The van der Waals surface area contributed by atoms with Gasteiger partial charge in [0.15, 0.2) is 0 Å². The normalized spacial score (nSPS) is 12.4. The third-order valence-electron chi connectivity index (χ3n) is 4.03. The van der Waals surface area contributed by atoms with E-state index >= 15 is 0 Å². The fourth-order valence-corrected chi connectivity index (χ4v) is 2.85. The van der Waals surface area contributed by atoms with Crippen molar-refractivity contribution in [3.8, 4) is 0 Å². The monoisotopic (exact) mass is 338 g/mol. The molecule has 25 heavy (non-hydrogen) atoms. The summed E-state index contributed by atoms with van der Waals surface area (Å²) in [5.74, 6) is 0.553. The first-order chi connectivity index (χ1) is 12.1. The van der Waals surface area contributed by atoms with Gasteiger partial charge in [0, 0.05) is 13.1 Å². The molecule has 6 heteroatoms. The number of aromatic amines is 2. The first-order valence-corrected chi connectivity index (χ1v) is 8.24. The van der Waals surface area contributed by atoms with Crippen LogP contribution in [0.15, 0.2) is 59.4 Å². The number of H-pyrrole nitrogens is 2. The highest BCUT2D eigenvalue weighted by Gasteiger charge is 2.16. The minimum absolute atomic E-state index is 0.325. The van der Waals surface area contributed by atoms with Crippen molar-refractivity contribution in [2.45, 2.75) is 26.1 Å². The lowest BCUT2D eigenvalue weighted by Crippen LogP contribution is -2.28. The summed E-state index contributed by atoms with van der Waals surface area (Å²) in [5.41, 5.74) is 2.81. The van der Waals surface area contributed by atoms with Crippen LogP contribution in [0.25, 0.3) is 0 Å². The van der Waals surface area contributed by atoms with Crippen LogP contribution in [0.3, 0.4) is 0 Å². The van der Waals surface area contributed by atoms with Crippen LogP contribution in [0.1, 0.15) is 28.6 Å². The minimum Gasteiger partial charge on any atom is -0.387 e. The molecule has 2 aromatic carbocycles. The maximum Gasteiger partial charge on any atom is 0.340 e. The maximum atomic E-state index is 11.3. The molecule has 0 bridgehead atoms. The van der Waals surface area contributed by atoms with E-state index in [4.69, 9.17) is 0 Å². The highest BCUT2D eigenvalue weighted by molar-refractivity contribution is 5.24. The Bertz CT molecular complexity index is 857. The topological polar surface area (TPSA) is 85.0 Å². The molecule has 3 aromatic rings. The Labute approximate surface area is 146 Å². The lowest BCUT2D eigenvalue weighted by molar-refractivity contribution is 0.103. The molecular formula is C19H22N4O2. The van der Waals surface area contributed by atoms with E-state index in [1.807, 2.05) is 61.5 Å². The summed E-state index contributed by atoms with van der Waals surface area (Å²) in [6.07, 6.45) is -0.616. The van der Waals surface area contributed by atoms with Crippen molar-refractivity contribution in [1.82, 2.24) is 20.1 Å². The van der Waals surface area contributed by atoms with E-state index in [9.17, 15) is 9.90 Å². The van der Waals surface area contributed by atoms with Crippen LogP contribution in [-0.2, 0) is 13.1 Å². The minimum atomic E-state index is -0.616. The van der Waals surface area contributed by atoms with Crippen molar-refractivity contribution >= 4 is 0 Å². The van der Waals surface area contributed by atoms with Gasteiger partial charge >= 0.3 is 5.69 Å². The molecule has 0 saturated heterocycles. The maximum absolute atomic E-state index is 11.3. The molecule has 0 radical (unpaired) electrons. The SMILES string of the molecule is Cc1cccc(C(O)CN(Cc2ccccc2)Cc2n[nH]c(=O)[nH]2)c1. The summed E-state index contributed by atoms with van der Waals surface area (Å²) in [7, 11) is 0. The van der Waals surface area contributed by atoms with Gasteiger partial charge in [-0.15, -0.1) is 0 Å². The second kappa shape index (κ2) is 7.92. The molecule has 1 unspecified atom stereocenters. The van der Waals surface area contributed by atoms with Gasteiger partial charge in [0.05, 0.1) is 12.6 Å². The zero-order valence-electron chi connectivity index (χ0n) is 14.1. The molecule has 0 aliphatic heterocycles. The summed E-state index contributed by atoms with van der Waals surface area (Å²) >= 11 is 0. The third-order valence-corrected chi connectivity index (χ3v) is 4.03. The highest BCUT2D eigenvalue weighted by Crippen LogP contribution is 2.18. The molecular weight excluding hydrogens is 316 g/mol. The lowest BCUT2D eigenvalue weighted by Gasteiger charge is -2.24. The van der Waals surface area contributed by atoms with E-state index in [-0.39, 0.29) is 5.69 Å². The van der Waals surface area contributed by atoms with Gasteiger partial charge in [-0.05, 0) is 18.1 Å². The van der Waals surface area contributed by atoms with Gasteiger partial charge in [-0.25, -0.2) is 9.89 Å². The Morgan fingerprint density at radius 1 is 1.12 bits per heavy atom. The van der Waals surface area contributed by atoms with E-state index in [1.165, 1.54) is 0 Å². The fourth-order valence-electron chi connectivity index (χ4n) is 2.85. The van der Waals surface area contributed by atoms with Crippen LogP contribution in [0, 0.1) is 6.92 Å². The Hall–Kier alpha value is -2.70. The van der Waals surface area contributed by atoms with Crippen molar-refractivity contribution in [2.75, 3.05) is 6.54 Å². The smallest absolute Gasteiger partial charge is 0.340 e. The number of hydrogen-bond acceptors (Lipinski definition) is 4. The predicted molar refractivity (Wildman–Crippen MR) is 95.9 cm³/mol. The summed E-state index contributed by atoms with van der Waals surface area (Å²) in [6.45, 7) is 3.54. The molecule has 0 amide bonds. The van der Waals surface area contributed by atoms with Crippen LogP contribution in [0.4, 0.5) is 0 Å². The molecule has 1 heterocycles. The average Bonchev–Trinajstić information content (AvgIpc) is 3.00. The standard InChI is InChI=1S/C19H22N4O2/c1-14-6-5-9-16(10-14)17(24)12-23(11-15-7-3-2-4-8-15)13-18-20-19(25)22-21-18/h2-10,17,24H,11-13H2,1H3,(H2,20,21,22,25). The van der Waals surface area contributed by atoms with E-state index in [1.54, 1.807) is 0 Å². The molecule has 130 valence electrons. The number of aromatic nitrogens is 3. The van der Waals surface area contributed by atoms with Gasteiger partial charge in [-0.1, -0.05) is 60.2 Å². The number of aliphatic hydroxyl groups excluding tert-OH is 1. The summed E-state index contributed by atoms with van der Waals surface area (Å²) in [5, 5.41) is 17.0. The van der Waals surface area contributed by atoms with E-state index in [0.29, 0.717) is 25.5 Å². The van der Waals surface area contributed by atoms with Crippen LogP contribution in [0.5, 0.6) is 0 Å². The quantitative estimate of drug-likeness (QED) is 0.616. The number of nitrogens with zero attached hydrogens (tertiary/aromatic N) is 2. The van der Waals surface area contributed by atoms with Crippen molar-refractivity contribution in [3.05, 3.63) is 87.6 Å². The van der Waals surface area contributed by atoms with Gasteiger partial charge in [-0.3, -0.25) is 9.88 Å². The molecule has 0 aliphatic carbocycles. The van der Waals surface area contributed by atoms with Gasteiger partial charge in [-0.2, -0.15) is 5.10 Å². The molecule has 3 rings (SSSR count). The predicted octanol–water partition coefficient (Wildman–Crippen LogP) is 2.14. The van der Waals surface area contributed by atoms with Gasteiger partial charge in [0.1, 0.15) is 5.82 Å². The zero-order valence-corrected chi connectivity index (χ0v) is 14.1. The Balaban J connectivity index is 1.76. The second-order valence-electron chi connectivity index (χ2n) is 6.21. The van der Waals surface area contributed by atoms with Crippen molar-refractivity contribution in [1.29, 1.82) is 0 Å². The summed E-state index contributed by atoms with van der Waals surface area (Å²) < 4.78 is 0. The molecule has 6 nitrogen and oxygen atoms in total.